The van der Waals surface area contributed by atoms with Crippen molar-refractivity contribution in [1.29, 1.82) is 0 Å². The molecule has 1 saturated heterocycles. The second-order valence-electron chi connectivity index (χ2n) is 6.89. The lowest BCUT2D eigenvalue weighted by Crippen LogP contribution is -2.29. The van der Waals surface area contributed by atoms with Crippen molar-refractivity contribution in [2.75, 3.05) is 11.5 Å². The number of aliphatic hydroxyl groups is 1. The summed E-state index contributed by atoms with van der Waals surface area (Å²) in [6.07, 6.45) is 3.09. The van der Waals surface area contributed by atoms with Gasteiger partial charge in [-0.3, -0.25) is 19.5 Å². The van der Waals surface area contributed by atoms with Gasteiger partial charge in [-0.1, -0.05) is 23.7 Å². The van der Waals surface area contributed by atoms with Crippen molar-refractivity contribution in [3.8, 4) is 5.75 Å². The van der Waals surface area contributed by atoms with Gasteiger partial charge in [-0.15, -0.1) is 0 Å². The average molecular weight is 435 g/mol. The van der Waals surface area contributed by atoms with Gasteiger partial charge in [0.15, 0.2) is 0 Å². The number of nitrogens with zero attached hydrogens (tertiary/aromatic N) is 2. The predicted molar refractivity (Wildman–Crippen MR) is 118 cm³/mol. The van der Waals surface area contributed by atoms with Gasteiger partial charge in [-0.05, 0) is 61.0 Å². The first-order chi connectivity index (χ1) is 15.0. The number of carbonyl (C=O) groups excluding carboxylic acids is 2. The van der Waals surface area contributed by atoms with Crippen LogP contribution in [0.1, 0.15) is 24.1 Å². The fourth-order valence-corrected chi connectivity index (χ4v) is 3.71. The van der Waals surface area contributed by atoms with Gasteiger partial charge in [0.25, 0.3) is 11.7 Å². The number of hydrogen-bond acceptors (Lipinski definition) is 5. The zero-order chi connectivity index (χ0) is 22.0. The van der Waals surface area contributed by atoms with E-state index >= 15 is 0 Å². The Labute approximate surface area is 184 Å². The topological polar surface area (TPSA) is 79.7 Å². The molecule has 3 aromatic rings. The maximum atomic E-state index is 13.0. The van der Waals surface area contributed by atoms with E-state index in [0.717, 1.165) is 0 Å². The number of aromatic nitrogens is 1. The third kappa shape index (κ3) is 3.90. The van der Waals surface area contributed by atoms with Gasteiger partial charge in [0.2, 0.25) is 0 Å². The molecule has 1 aliphatic rings. The van der Waals surface area contributed by atoms with E-state index in [-0.39, 0.29) is 11.3 Å². The van der Waals surface area contributed by atoms with Crippen molar-refractivity contribution < 1.29 is 19.4 Å². The average Bonchev–Trinajstić information content (AvgIpc) is 3.06. The fraction of sp³-hybridized carbons (Fsp3) is 0.125. The summed E-state index contributed by atoms with van der Waals surface area (Å²) < 4.78 is 5.50. The molecule has 1 unspecified atom stereocenters. The number of aliphatic hydroxyl groups excluding tert-OH is 1. The van der Waals surface area contributed by atoms with Gasteiger partial charge in [-0.25, -0.2) is 0 Å². The molecule has 0 saturated carbocycles. The summed E-state index contributed by atoms with van der Waals surface area (Å²) in [5, 5.41) is 11.5. The van der Waals surface area contributed by atoms with E-state index < -0.39 is 17.7 Å². The van der Waals surface area contributed by atoms with Gasteiger partial charge < -0.3 is 9.84 Å². The van der Waals surface area contributed by atoms with Crippen molar-refractivity contribution in [2.45, 2.75) is 13.0 Å². The third-order valence-corrected chi connectivity index (χ3v) is 5.24. The number of rotatable bonds is 5. The zero-order valence-corrected chi connectivity index (χ0v) is 17.4. The fourth-order valence-electron chi connectivity index (χ4n) is 3.59. The molecule has 1 atom stereocenters. The predicted octanol–water partition coefficient (Wildman–Crippen LogP) is 4.76. The minimum Gasteiger partial charge on any atom is -0.507 e. The van der Waals surface area contributed by atoms with Crippen molar-refractivity contribution in [1.82, 2.24) is 4.98 Å². The van der Waals surface area contributed by atoms with Crippen LogP contribution >= 0.6 is 11.6 Å². The molecule has 0 spiro atoms. The highest BCUT2D eigenvalue weighted by Crippen LogP contribution is 2.42. The van der Waals surface area contributed by atoms with E-state index in [9.17, 15) is 14.7 Å². The number of benzene rings is 2. The van der Waals surface area contributed by atoms with E-state index in [1.165, 1.54) is 11.1 Å². The van der Waals surface area contributed by atoms with E-state index in [4.69, 9.17) is 16.3 Å². The van der Waals surface area contributed by atoms with Crippen molar-refractivity contribution >= 4 is 34.7 Å². The van der Waals surface area contributed by atoms with Crippen molar-refractivity contribution in [3.63, 3.8) is 0 Å². The van der Waals surface area contributed by atoms with E-state index in [2.05, 4.69) is 4.98 Å². The van der Waals surface area contributed by atoms with E-state index in [1.54, 1.807) is 66.9 Å². The van der Waals surface area contributed by atoms with E-state index in [1.807, 2.05) is 6.92 Å². The number of hydrogen-bond donors (Lipinski definition) is 1. The maximum absolute atomic E-state index is 13.0. The standard InChI is InChI=1S/C24H19ClN2O4/c1-2-31-19-11-7-15(8-12-19)21-20(22(28)16-5-9-17(25)10-6-16)23(29)24(30)27(21)18-4-3-13-26-14-18/h3-14,21,28H,2H2,1H3/b22-20+. The molecule has 6 nitrogen and oxygen atoms in total. The smallest absolute Gasteiger partial charge is 0.300 e. The van der Waals surface area contributed by atoms with Crippen LogP contribution in [0, 0.1) is 0 Å². The highest BCUT2D eigenvalue weighted by molar-refractivity contribution is 6.51. The first-order valence-electron chi connectivity index (χ1n) is 9.71. The first kappa shape index (κ1) is 20.6. The Kier molecular flexibility index (Phi) is 5.73. The van der Waals surface area contributed by atoms with Crippen LogP contribution in [0.25, 0.3) is 5.76 Å². The molecule has 1 fully saturated rings. The monoisotopic (exact) mass is 434 g/mol. The molecule has 0 aliphatic carbocycles. The molecule has 2 aromatic carbocycles. The van der Waals surface area contributed by atoms with Crippen LogP contribution in [0.3, 0.4) is 0 Å². The molecule has 156 valence electrons. The molecule has 31 heavy (non-hydrogen) atoms. The Morgan fingerprint density at radius 2 is 1.81 bits per heavy atom. The Bertz CT molecular complexity index is 1140. The second-order valence-corrected chi connectivity index (χ2v) is 7.33. The van der Waals surface area contributed by atoms with Gasteiger partial charge >= 0.3 is 0 Å². The lowest BCUT2D eigenvalue weighted by atomic mass is 9.95. The molecule has 1 aliphatic heterocycles. The van der Waals surface area contributed by atoms with Crippen LogP contribution in [0.5, 0.6) is 5.75 Å². The van der Waals surface area contributed by atoms with Gasteiger partial charge in [0.05, 0.1) is 30.1 Å². The number of ketones is 1. The molecular formula is C24H19ClN2O4. The highest BCUT2D eigenvalue weighted by atomic mass is 35.5. The molecule has 1 N–H and O–H groups in total. The number of Topliss-reactive ketones (excluding diaryl/α,β-unsaturated/α-hetero) is 1. The van der Waals surface area contributed by atoms with Crippen LogP contribution in [0.2, 0.25) is 5.02 Å². The lowest BCUT2D eigenvalue weighted by molar-refractivity contribution is -0.132. The Hall–Kier alpha value is -3.64. The summed E-state index contributed by atoms with van der Waals surface area (Å²) in [6.45, 7) is 2.40. The number of halogens is 1. The largest absolute Gasteiger partial charge is 0.507 e. The summed E-state index contributed by atoms with van der Waals surface area (Å²) in [6, 6.07) is 16.1. The van der Waals surface area contributed by atoms with Gasteiger partial charge in [0, 0.05) is 16.8 Å². The van der Waals surface area contributed by atoms with Crippen LogP contribution in [-0.2, 0) is 9.59 Å². The number of amides is 1. The SMILES string of the molecule is CCOc1ccc(C2/C(=C(\O)c3ccc(Cl)cc3)C(=O)C(=O)N2c2cccnc2)cc1. The Morgan fingerprint density at radius 3 is 2.42 bits per heavy atom. The quantitative estimate of drug-likeness (QED) is 0.356. The second kappa shape index (κ2) is 8.62. The Balaban J connectivity index is 1.89. The summed E-state index contributed by atoms with van der Waals surface area (Å²) in [5.41, 5.74) is 1.51. The van der Waals surface area contributed by atoms with Crippen LogP contribution < -0.4 is 9.64 Å². The molecule has 1 amide bonds. The Morgan fingerprint density at radius 1 is 1.10 bits per heavy atom. The van der Waals surface area contributed by atoms with E-state index in [0.29, 0.717) is 34.2 Å². The maximum Gasteiger partial charge on any atom is 0.300 e. The third-order valence-electron chi connectivity index (χ3n) is 4.99. The molecule has 7 heteroatoms. The lowest BCUT2D eigenvalue weighted by Gasteiger charge is -2.25. The number of pyridine rings is 1. The van der Waals surface area contributed by atoms with Crippen LogP contribution in [0.15, 0.2) is 78.6 Å². The van der Waals surface area contributed by atoms with Crippen LogP contribution in [-0.4, -0.2) is 28.4 Å². The molecule has 2 heterocycles. The number of anilines is 1. The molecule has 1 aromatic heterocycles. The molecule has 0 radical (unpaired) electrons. The van der Waals surface area contributed by atoms with Gasteiger partial charge in [0.1, 0.15) is 11.5 Å². The number of ether oxygens (including phenoxy) is 1. The summed E-state index contributed by atoms with van der Waals surface area (Å²) in [7, 11) is 0. The molecule has 0 bridgehead atoms. The molecule has 4 rings (SSSR count). The summed E-state index contributed by atoms with van der Waals surface area (Å²) in [4.78, 5) is 31.5. The minimum atomic E-state index is -0.824. The first-order valence-corrected chi connectivity index (χ1v) is 10.1. The molecular weight excluding hydrogens is 416 g/mol. The zero-order valence-electron chi connectivity index (χ0n) is 16.7. The minimum absolute atomic E-state index is 0.000311. The van der Waals surface area contributed by atoms with Crippen molar-refractivity contribution in [2.24, 2.45) is 0 Å². The van der Waals surface area contributed by atoms with Crippen LogP contribution in [0.4, 0.5) is 5.69 Å². The van der Waals surface area contributed by atoms with Gasteiger partial charge in [-0.2, -0.15) is 0 Å². The normalized spacial score (nSPS) is 17.7. The summed E-state index contributed by atoms with van der Waals surface area (Å²) in [5.74, 6) is -1.10. The summed E-state index contributed by atoms with van der Waals surface area (Å²) >= 11 is 5.95. The highest BCUT2D eigenvalue weighted by Gasteiger charge is 2.47. The number of carbonyl (C=O) groups is 2. The van der Waals surface area contributed by atoms with Crippen molar-refractivity contribution in [3.05, 3.63) is 94.8 Å².